The summed E-state index contributed by atoms with van der Waals surface area (Å²) in [7, 11) is 1.62. The summed E-state index contributed by atoms with van der Waals surface area (Å²) in [6, 6.07) is 5.52. The molecule has 6 nitrogen and oxygen atoms in total. The van der Waals surface area contributed by atoms with Crippen molar-refractivity contribution in [2.45, 2.75) is 12.8 Å². The summed E-state index contributed by atoms with van der Waals surface area (Å²) in [5.74, 6) is -0.239. The van der Waals surface area contributed by atoms with Crippen molar-refractivity contribution in [2.75, 3.05) is 37.0 Å². The molecule has 2 rings (SSSR count). The molecule has 0 radical (unpaired) electrons. The lowest BCUT2D eigenvalue weighted by atomic mass is 9.96. The average molecular weight is 367 g/mol. The Morgan fingerprint density at radius 1 is 1.16 bits per heavy atom. The molecule has 1 aliphatic rings. The summed E-state index contributed by atoms with van der Waals surface area (Å²) < 4.78 is 12.8. The van der Waals surface area contributed by atoms with Crippen LogP contribution in [0.5, 0.6) is 0 Å². The number of nitrogens with one attached hydrogen (secondary N) is 2. The highest BCUT2D eigenvalue weighted by molar-refractivity contribution is 8.00. The minimum Gasteiger partial charge on any atom is -0.359 e. The van der Waals surface area contributed by atoms with Gasteiger partial charge in [0.05, 0.1) is 11.5 Å². The zero-order valence-electron chi connectivity index (χ0n) is 14.1. The molecule has 1 fully saturated rings. The van der Waals surface area contributed by atoms with Gasteiger partial charge in [0.25, 0.3) is 0 Å². The van der Waals surface area contributed by atoms with E-state index in [1.807, 2.05) is 0 Å². The molecule has 1 saturated heterocycles. The van der Waals surface area contributed by atoms with Gasteiger partial charge in [0.2, 0.25) is 17.7 Å². The average Bonchev–Trinajstić information content (AvgIpc) is 2.63. The smallest absolute Gasteiger partial charge is 0.234 e. The lowest BCUT2D eigenvalue weighted by molar-refractivity contribution is -0.133. The lowest BCUT2D eigenvalue weighted by Gasteiger charge is -2.31. The van der Waals surface area contributed by atoms with Gasteiger partial charge in [-0.25, -0.2) is 4.39 Å². The molecule has 0 aliphatic carbocycles. The Morgan fingerprint density at radius 3 is 2.40 bits per heavy atom. The molecular weight excluding hydrogens is 345 g/mol. The van der Waals surface area contributed by atoms with Gasteiger partial charge in [-0.3, -0.25) is 14.4 Å². The van der Waals surface area contributed by atoms with Gasteiger partial charge >= 0.3 is 0 Å². The van der Waals surface area contributed by atoms with Gasteiger partial charge in [0, 0.05) is 31.7 Å². The molecule has 1 heterocycles. The van der Waals surface area contributed by atoms with Crippen molar-refractivity contribution in [3.8, 4) is 0 Å². The van der Waals surface area contributed by atoms with E-state index < -0.39 is 0 Å². The maximum Gasteiger partial charge on any atom is 0.234 e. The minimum absolute atomic E-state index is 0.0186. The van der Waals surface area contributed by atoms with Crippen LogP contribution in [0.3, 0.4) is 0 Å². The Labute approximate surface area is 150 Å². The molecular formula is C17H22FN3O3S. The number of hydrogen-bond donors (Lipinski definition) is 2. The van der Waals surface area contributed by atoms with E-state index in [0.717, 1.165) is 0 Å². The van der Waals surface area contributed by atoms with Gasteiger partial charge in [-0.15, -0.1) is 11.8 Å². The van der Waals surface area contributed by atoms with E-state index in [1.54, 1.807) is 11.9 Å². The molecule has 1 aromatic rings. The predicted molar refractivity (Wildman–Crippen MR) is 95.7 cm³/mol. The van der Waals surface area contributed by atoms with Gasteiger partial charge in [0.1, 0.15) is 5.82 Å². The van der Waals surface area contributed by atoms with Crippen molar-refractivity contribution >= 4 is 35.2 Å². The first-order chi connectivity index (χ1) is 12.0. The number of piperidine rings is 1. The molecule has 2 N–H and O–H groups in total. The summed E-state index contributed by atoms with van der Waals surface area (Å²) in [4.78, 5) is 37.3. The highest BCUT2D eigenvalue weighted by atomic mass is 32.2. The molecule has 1 aliphatic heterocycles. The van der Waals surface area contributed by atoms with Crippen molar-refractivity contribution in [1.29, 1.82) is 0 Å². The number of hydrogen-bond acceptors (Lipinski definition) is 4. The van der Waals surface area contributed by atoms with Crippen LogP contribution in [0.2, 0.25) is 0 Å². The first kappa shape index (κ1) is 19.2. The summed E-state index contributed by atoms with van der Waals surface area (Å²) in [6.07, 6.45) is 1.34. The second kappa shape index (κ2) is 9.41. The van der Waals surface area contributed by atoms with Crippen molar-refractivity contribution < 1.29 is 18.8 Å². The number of thioether (sulfide) groups is 1. The number of rotatable bonds is 6. The Kier molecular flexibility index (Phi) is 7.24. The number of halogens is 1. The Bertz CT molecular complexity index is 616. The molecule has 8 heteroatoms. The van der Waals surface area contributed by atoms with E-state index in [-0.39, 0.29) is 41.0 Å². The second-order valence-electron chi connectivity index (χ2n) is 5.82. The van der Waals surface area contributed by atoms with E-state index in [2.05, 4.69) is 10.6 Å². The van der Waals surface area contributed by atoms with E-state index >= 15 is 0 Å². The monoisotopic (exact) mass is 367 g/mol. The standard InChI is InChI=1S/C17H22FN3O3S/c1-19-17(24)12-6-8-21(9-7-12)16(23)11-25-10-15(22)20-14-4-2-13(18)3-5-14/h2-5,12H,6-11H2,1H3,(H,19,24)(H,20,22). The molecule has 0 atom stereocenters. The van der Waals surface area contributed by atoms with Crippen LogP contribution < -0.4 is 10.6 Å². The van der Waals surface area contributed by atoms with Crippen LogP contribution in [0.25, 0.3) is 0 Å². The van der Waals surface area contributed by atoms with Gasteiger partial charge in [-0.1, -0.05) is 0 Å². The predicted octanol–water partition coefficient (Wildman–Crippen LogP) is 1.48. The van der Waals surface area contributed by atoms with E-state index in [0.29, 0.717) is 31.6 Å². The zero-order chi connectivity index (χ0) is 18.2. The van der Waals surface area contributed by atoms with Crippen LogP contribution >= 0.6 is 11.8 Å². The fraction of sp³-hybridized carbons (Fsp3) is 0.471. The number of anilines is 1. The maximum absolute atomic E-state index is 12.8. The van der Waals surface area contributed by atoms with E-state index in [9.17, 15) is 18.8 Å². The fourth-order valence-electron chi connectivity index (χ4n) is 2.65. The topological polar surface area (TPSA) is 78.5 Å². The van der Waals surface area contributed by atoms with Gasteiger partial charge < -0.3 is 15.5 Å². The number of benzene rings is 1. The molecule has 3 amide bonds. The maximum atomic E-state index is 12.8. The summed E-state index contributed by atoms with van der Waals surface area (Å²) in [5.41, 5.74) is 0.523. The van der Waals surface area contributed by atoms with Crippen LogP contribution in [-0.4, -0.2) is 54.3 Å². The van der Waals surface area contributed by atoms with Crippen molar-refractivity contribution in [1.82, 2.24) is 10.2 Å². The van der Waals surface area contributed by atoms with Crippen molar-refractivity contribution in [2.24, 2.45) is 5.92 Å². The second-order valence-corrected chi connectivity index (χ2v) is 6.80. The molecule has 1 aromatic carbocycles. The Balaban J connectivity index is 1.66. The highest BCUT2D eigenvalue weighted by Crippen LogP contribution is 2.18. The first-order valence-corrected chi connectivity index (χ1v) is 9.27. The lowest BCUT2D eigenvalue weighted by Crippen LogP contribution is -2.43. The number of carbonyl (C=O) groups excluding carboxylic acids is 3. The zero-order valence-corrected chi connectivity index (χ0v) is 14.9. The Morgan fingerprint density at radius 2 is 1.80 bits per heavy atom. The largest absolute Gasteiger partial charge is 0.359 e. The fourth-order valence-corrected chi connectivity index (χ4v) is 3.36. The molecule has 0 aromatic heterocycles. The first-order valence-electron chi connectivity index (χ1n) is 8.12. The summed E-state index contributed by atoms with van der Waals surface area (Å²) >= 11 is 1.24. The number of likely N-dealkylation sites (tertiary alicyclic amines) is 1. The van der Waals surface area contributed by atoms with Gasteiger partial charge in [-0.2, -0.15) is 0 Å². The molecule has 0 spiro atoms. The summed E-state index contributed by atoms with van der Waals surface area (Å²) in [6.45, 7) is 1.14. The van der Waals surface area contributed by atoms with Crippen molar-refractivity contribution in [3.63, 3.8) is 0 Å². The molecule has 0 bridgehead atoms. The third-order valence-corrected chi connectivity index (χ3v) is 4.97. The quantitative estimate of drug-likeness (QED) is 0.798. The van der Waals surface area contributed by atoms with Gasteiger partial charge in [-0.05, 0) is 37.1 Å². The molecule has 0 unspecified atom stereocenters. The third kappa shape index (κ3) is 6.04. The SMILES string of the molecule is CNC(=O)C1CCN(C(=O)CSCC(=O)Nc2ccc(F)cc2)CC1. The van der Waals surface area contributed by atoms with Crippen LogP contribution in [-0.2, 0) is 14.4 Å². The summed E-state index contributed by atoms with van der Waals surface area (Å²) in [5, 5.41) is 5.29. The number of amides is 3. The normalized spacial score (nSPS) is 14.9. The highest BCUT2D eigenvalue weighted by Gasteiger charge is 2.26. The molecule has 0 saturated carbocycles. The number of carbonyl (C=O) groups is 3. The van der Waals surface area contributed by atoms with Crippen LogP contribution in [0.15, 0.2) is 24.3 Å². The van der Waals surface area contributed by atoms with Crippen LogP contribution in [0, 0.1) is 11.7 Å². The number of nitrogens with zero attached hydrogens (tertiary/aromatic N) is 1. The minimum atomic E-state index is -0.363. The molecule has 136 valence electrons. The van der Waals surface area contributed by atoms with Crippen LogP contribution in [0.4, 0.5) is 10.1 Å². The Hall–Kier alpha value is -2.09. The van der Waals surface area contributed by atoms with Crippen LogP contribution in [0.1, 0.15) is 12.8 Å². The van der Waals surface area contributed by atoms with E-state index in [1.165, 1.54) is 36.0 Å². The van der Waals surface area contributed by atoms with Crippen molar-refractivity contribution in [3.05, 3.63) is 30.1 Å². The van der Waals surface area contributed by atoms with E-state index in [4.69, 9.17) is 0 Å². The van der Waals surface area contributed by atoms with Gasteiger partial charge in [0.15, 0.2) is 0 Å². The third-order valence-electron chi connectivity index (χ3n) is 4.05. The molecule has 25 heavy (non-hydrogen) atoms.